The zero-order valence-corrected chi connectivity index (χ0v) is 12.6. The molecular weight excluding hydrogens is 320 g/mol. The third-order valence-electron chi connectivity index (χ3n) is 3.10. The zero-order valence-electron chi connectivity index (χ0n) is 11.0. The van der Waals surface area contributed by atoms with Crippen molar-refractivity contribution >= 4 is 25.8 Å². The van der Waals surface area contributed by atoms with E-state index in [-0.39, 0.29) is 41.6 Å². The standard InChI is InChI=1S/C11H14N2O6S2/c14-11(15)9-2-3-10(12-8-9)21(18,19)13-4-1-6-20(16,17)7-5-13/h2-3,8H,1,4-7H2,(H,14,15). The van der Waals surface area contributed by atoms with Crippen LogP contribution in [0.3, 0.4) is 0 Å². The molecule has 0 bridgehead atoms. The fourth-order valence-corrected chi connectivity index (χ4v) is 4.73. The number of sulfonamides is 1. The number of hydrogen-bond acceptors (Lipinski definition) is 6. The Hall–Kier alpha value is -1.52. The van der Waals surface area contributed by atoms with Crippen LogP contribution in [0.1, 0.15) is 16.8 Å². The van der Waals surface area contributed by atoms with E-state index in [9.17, 15) is 21.6 Å². The zero-order chi connectivity index (χ0) is 15.7. The van der Waals surface area contributed by atoms with Crippen molar-refractivity contribution < 1.29 is 26.7 Å². The highest BCUT2D eigenvalue weighted by Gasteiger charge is 2.29. The number of sulfone groups is 1. The lowest BCUT2D eigenvalue weighted by Crippen LogP contribution is -2.34. The monoisotopic (exact) mass is 334 g/mol. The molecule has 1 aromatic heterocycles. The number of carboxylic acid groups (broad SMARTS) is 1. The van der Waals surface area contributed by atoms with Crippen molar-refractivity contribution in [2.45, 2.75) is 11.4 Å². The Morgan fingerprint density at radius 2 is 1.95 bits per heavy atom. The van der Waals surface area contributed by atoms with E-state index in [1.165, 1.54) is 0 Å². The van der Waals surface area contributed by atoms with Gasteiger partial charge in [-0.2, -0.15) is 4.31 Å². The van der Waals surface area contributed by atoms with Gasteiger partial charge in [-0.25, -0.2) is 26.6 Å². The first kappa shape index (κ1) is 15.9. The lowest BCUT2D eigenvalue weighted by molar-refractivity contribution is 0.0696. The topological polar surface area (TPSA) is 122 Å². The fraction of sp³-hybridized carbons (Fsp3) is 0.455. The predicted octanol–water partition coefficient (Wildman–Crippen LogP) is -0.411. The van der Waals surface area contributed by atoms with Gasteiger partial charge in [0.05, 0.1) is 17.1 Å². The summed E-state index contributed by atoms with van der Waals surface area (Å²) in [6.45, 7) is -0.0169. The van der Waals surface area contributed by atoms with Gasteiger partial charge in [0.15, 0.2) is 14.9 Å². The molecule has 0 unspecified atom stereocenters. The molecule has 0 amide bonds. The average Bonchev–Trinajstić information content (AvgIpc) is 2.60. The number of pyridine rings is 1. The SMILES string of the molecule is O=C(O)c1ccc(S(=O)(=O)N2CCCS(=O)(=O)CC2)nc1. The molecule has 2 heterocycles. The molecule has 1 aromatic rings. The van der Waals surface area contributed by atoms with Gasteiger partial charge in [0, 0.05) is 19.3 Å². The summed E-state index contributed by atoms with van der Waals surface area (Å²) in [4.78, 5) is 14.4. The summed E-state index contributed by atoms with van der Waals surface area (Å²) in [5.74, 6) is -1.46. The van der Waals surface area contributed by atoms with E-state index >= 15 is 0 Å². The minimum absolute atomic E-state index is 0.0373. The molecule has 1 N–H and O–H groups in total. The highest BCUT2D eigenvalue weighted by molar-refractivity contribution is 7.91. The van der Waals surface area contributed by atoms with Crippen LogP contribution in [0, 0.1) is 0 Å². The van der Waals surface area contributed by atoms with Gasteiger partial charge in [-0.05, 0) is 18.6 Å². The maximum absolute atomic E-state index is 12.4. The van der Waals surface area contributed by atoms with Crippen LogP contribution in [0.5, 0.6) is 0 Å². The normalized spacial score (nSPS) is 19.8. The molecule has 0 aliphatic carbocycles. The first-order valence-electron chi connectivity index (χ1n) is 6.12. The van der Waals surface area contributed by atoms with Gasteiger partial charge in [-0.15, -0.1) is 0 Å². The highest BCUT2D eigenvalue weighted by Crippen LogP contribution is 2.17. The molecule has 8 nitrogen and oxygen atoms in total. The lowest BCUT2D eigenvalue weighted by Gasteiger charge is -2.18. The van der Waals surface area contributed by atoms with Crippen molar-refractivity contribution in [2.75, 3.05) is 24.6 Å². The highest BCUT2D eigenvalue weighted by atomic mass is 32.2. The van der Waals surface area contributed by atoms with Crippen molar-refractivity contribution in [3.05, 3.63) is 23.9 Å². The van der Waals surface area contributed by atoms with E-state index in [0.717, 1.165) is 22.6 Å². The van der Waals surface area contributed by atoms with E-state index < -0.39 is 25.8 Å². The molecule has 10 heteroatoms. The predicted molar refractivity (Wildman–Crippen MR) is 73.2 cm³/mol. The summed E-state index contributed by atoms with van der Waals surface area (Å²) in [5, 5.41) is 8.47. The molecule has 21 heavy (non-hydrogen) atoms. The molecule has 116 valence electrons. The first-order chi connectivity index (χ1) is 9.72. The number of carboxylic acids is 1. The third-order valence-corrected chi connectivity index (χ3v) is 6.63. The Kier molecular flexibility index (Phi) is 4.30. The maximum Gasteiger partial charge on any atom is 0.337 e. The van der Waals surface area contributed by atoms with E-state index in [1.807, 2.05) is 0 Å². The molecule has 2 rings (SSSR count). The number of nitrogens with zero attached hydrogens (tertiary/aromatic N) is 2. The van der Waals surface area contributed by atoms with Gasteiger partial charge in [0.25, 0.3) is 10.0 Å². The summed E-state index contributed by atoms with van der Waals surface area (Å²) in [5.41, 5.74) is -0.118. The second kappa shape index (κ2) is 5.70. The summed E-state index contributed by atoms with van der Waals surface area (Å²) < 4.78 is 48.8. The molecule has 0 atom stereocenters. The molecule has 1 aliphatic heterocycles. The number of aromatic nitrogens is 1. The molecule has 0 saturated carbocycles. The van der Waals surface area contributed by atoms with Gasteiger partial charge >= 0.3 is 5.97 Å². The van der Waals surface area contributed by atoms with Gasteiger partial charge in [-0.3, -0.25) is 0 Å². The van der Waals surface area contributed by atoms with Crippen molar-refractivity contribution in [1.29, 1.82) is 0 Å². The minimum Gasteiger partial charge on any atom is -0.478 e. The number of aromatic carboxylic acids is 1. The molecule has 0 aromatic carbocycles. The van der Waals surface area contributed by atoms with Gasteiger partial charge in [-0.1, -0.05) is 0 Å². The Morgan fingerprint density at radius 3 is 2.52 bits per heavy atom. The number of hydrogen-bond donors (Lipinski definition) is 1. The third kappa shape index (κ3) is 3.57. The van der Waals surface area contributed by atoms with Crippen molar-refractivity contribution in [2.24, 2.45) is 0 Å². The maximum atomic E-state index is 12.4. The molecule has 1 fully saturated rings. The minimum atomic E-state index is -3.91. The van der Waals surface area contributed by atoms with Crippen LogP contribution in [0.4, 0.5) is 0 Å². The summed E-state index contributed by atoms with van der Waals surface area (Å²) >= 11 is 0. The molecule has 0 spiro atoms. The van der Waals surface area contributed by atoms with E-state index in [4.69, 9.17) is 5.11 Å². The quantitative estimate of drug-likeness (QED) is 0.797. The van der Waals surface area contributed by atoms with Gasteiger partial charge in [0.1, 0.15) is 0 Å². The van der Waals surface area contributed by atoms with Crippen LogP contribution in [-0.2, 0) is 19.9 Å². The summed E-state index contributed by atoms with van der Waals surface area (Å²) in [6.07, 6.45) is 1.19. The molecule has 1 saturated heterocycles. The average molecular weight is 334 g/mol. The number of carbonyl (C=O) groups is 1. The number of rotatable bonds is 3. The summed E-state index contributed by atoms with van der Waals surface area (Å²) in [7, 11) is -7.13. The summed E-state index contributed by atoms with van der Waals surface area (Å²) in [6, 6.07) is 2.26. The first-order valence-corrected chi connectivity index (χ1v) is 9.38. The molecular formula is C11H14N2O6S2. The van der Waals surface area contributed by atoms with E-state index in [1.54, 1.807) is 0 Å². The van der Waals surface area contributed by atoms with Crippen LogP contribution in [0.25, 0.3) is 0 Å². The smallest absolute Gasteiger partial charge is 0.337 e. The van der Waals surface area contributed by atoms with Crippen LogP contribution >= 0.6 is 0 Å². The van der Waals surface area contributed by atoms with Crippen LogP contribution < -0.4 is 0 Å². The second-order valence-electron chi connectivity index (χ2n) is 4.60. The van der Waals surface area contributed by atoms with Crippen LogP contribution in [-0.4, -0.2) is 61.8 Å². The van der Waals surface area contributed by atoms with E-state index in [2.05, 4.69) is 4.98 Å². The van der Waals surface area contributed by atoms with Gasteiger partial charge in [0.2, 0.25) is 0 Å². The molecule has 1 aliphatic rings. The van der Waals surface area contributed by atoms with Crippen LogP contribution in [0.2, 0.25) is 0 Å². The van der Waals surface area contributed by atoms with Crippen molar-refractivity contribution in [3.63, 3.8) is 0 Å². The second-order valence-corrected chi connectivity index (χ2v) is 8.79. The lowest BCUT2D eigenvalue weighted by atomic mass is 10.3. The van der Waals surface area contributed by atoms with Gasteiger partial charge < -0.3 is 5.11 Å². The Bertz CT molecular complexity index is 739. The van der Waals surface area contributed by atoms with Crippen LogP contribution in [0.15, 0.2) is 23.4 Å². The fourth-order valence-electron chi connectivity index (χ4n) is 1.95. The molecule has 0 radical (unpaired) electrons. The Labute approximate surface area is 122 Å². The van der Waals surface area contributed by atoms with Crippen molar-refractivity contribution in [3.8, 4) is 0 Å². The Morgan fingerprint density at radius 1 is 1.24 bits per heavy atom. The Balaban J connectivity index is 2.27. The largest absolute Gasteiger partial charge is 0.478 e. The van der Waals surface area contributed by atoms with E-state index in [0.29, 0.717) is 0 Å². The van der Waals surface area contributed by atoms with Crippen molar-refractivity contribution in [1.82, 2.24) is 9.29 Å².